The Labute approximate surface area is 141 Å². The second kappa shape index (κ2) is 7.38. The third-order valence-electron chi connectivity index (χ3n) is 4.38. The van der Waals surface area contributed by atoms with Gasteiger partial charge in [0, 0.05) is 42.9 Å². The van der Waals surface area contributed by atoms with E-state index >= 15 is 0 Å². The number of benzene rings is 1. The van der Waals surface area contributed by atoms with Crippen LogP contribution in [-0.2, 0) is 4.74 Å². The number of nitrogens with zero attached hydrogens (tertiary/aromatic N) is 2. The monoisotopic (exact) mass is 332 g/mol. The molecule has 5 nitrogen and oxygen atoms in total. The first-order chi connectivity index (χ1) is 11.2. The van der Waals surface area contributed by atoms with E-state index in [1.54, 1.807) is 0 Å². The lowest BCUT2D eigenvalue weighted by atomic mass is 9.88. The molecule has 2 heterocycles. The number of ether oxygens (including phenoxy) is 1. The highest BCUT2D eigenvalue weighted by Crippen LogP contribution is 2.26. The molecule has 0 bridgehead atoms. The maximum Gasteiger partial charge on any atom is 0.202 e. The molecule has 0 saturated carbocycles. The number of nitrogens with one attached hydrogen (secondary N) is 2. The molecule has 1 saturated heterocycles. The molecule has 0 unspecified atom stereocenters. The van der Waals surface area contributed by atoms with Gasteiger partial charge in [0.25, 0.3) is 0 Å². The zero-order valence-corrected chi connectivity index (χ0v) is 14.5. The Hall–Kier alpha value is -1.50. The van der Waals surface area contributed by atoms with Crippen LogP contribution in [0.2, 0.25) is 0 Å². The summed E-state index contributed by atoms with van der Waals surface area (Å²) in [6, 6.07) is 10.9. The molecule has 1 aliphatic heterocycles. The highest BCUT2D eigenvalue weighted by Gasteiger charge is 2.34. The van der Waals surface area contributed by atoms with Gasteiger partial charge in [-0.1, -0.05) is 30.3 Å². The number of aromatic nitrogens is 2. The lowest BCUT2D eigenvalue weighted by molar-refractivity contribution is 0.0389. The normalized spacial score (nSPS) is 18.5. The van der Waals surface area contributed by atoms with Crippen molar-refractivity contribution in [1.29, 1.82) is 0 Å². The fourth-order valence-electron chi connectivity index (χ4n) is 3.03. The van der Waals surface area contributed by atoms with Crippen molar-refractivity contribution in [2.45, 2.75) is 38.3 Å². The largest absolute Gasteiger partial charge is 0.381 e. The van der Waals surface area contributed by atoms with Gasteiger partial charge in [0.15, 0.2) is 0 Å². The molecule has 0 amide bonds. The first-order valence-electron chi connectivity index (χ1n) is 8.11. The van der Waals surface area contributed by atoms with Crippen molar-refractivity contribution >= 4 is 16.7 Å². The topological polar surface area (TPSA) is 59.1 Å². The van der Waals surface area contributed by atoms with Gasteiger partial charge in [0.05, 0.1) is 0 Å². The second-order valence-electron chi connectivity index (χ2n) is 6.17. The SMILES string of the molecule is Cc1nsc(NCC2(N[C@H](C)c3ccccc3)CCOCC2)n1. The molecule has 23 heavy (non-hydrogen) atoms. The van der Waals surface area contributed by atoms with E-state index in [4.69, 9.17) is 4.74 Å². The van der Waals surface area contributed by atoms with E-state index in [9.17, 15) is 0 Å². The number of rotatable bonds is 6. The van der Waals surface area contributed by atoms with E-state index in [1.807, 2.05) is 6.92 Å². The van der Waals surface area contributed by atoms with E-state index in [1.165, 1.54) is 17.1 Å². The minimum absolute atomic E-state index is 0.0209. The maximum atomic E-state index is 5.58. The van der Waals surface area contributed by atoms with Crippen LogP contribution in [0.25, 0.3) is 0 Å². The predicted molar refractivity (Wildman–Crippen MR) is 93.9 cm³/mol. The molecular weight excluding hydrogens is 308 g/mol. The van der Waals surface area contributed by atoms with E-state index in [2.05, 4.69) is 57.2 Å². The summed E-state index contributed by atoms with van der Waals surface area (Å²) in [5.41, 5.74) is 1.33. The summed E-state index contributed by atoms with van der Waals surface area (Å²) in [6.07, 6.45) is 1.99. The summed E-state index contributed by atoms with van der Waals surface area (Å²) >= 11 is 1.42. The van der Waals surface area contributed by atoms with E-state index in [0.29, 0.717) is 6.04 Å². The number of anilines is 1. The Bertz CT molecular complexity index is 610. The predicted octanol–water partition coefficient (Wildman–Crippen LogP) is 3.16. The summed E-state index contributed by atoms with van der Waals surface area (Å²) in [6.45, 7) is 6.57. The van der Waals surface area contributed by atoms with Gasteiger partial charge in [-0.3, -0.25) is 0 Å². The molecule has 1 aliphatic rings. The van der Waals surface area contributed by atoms with Crippen LogP contribution in [0.4, 0.5) is 5.13 Å². The van der Waals surface area contributed by atoms with Crippen LogP contribution >= 0.6 is 11.5 Å². The quantitative estimate of drug-likeness (QED) is 0.851. The van der Waals surface area contributed by atoms with Crippen LogP contribution in [-0.4, -0.2) is 34.7 Å². The maximum absolute atomic E-state index is 5.58. The van der Waals surface area contributed by atoms with Crippen molar-refractivity contribution < 1.29 is 4.74 Å². The van der Waals surface area contributed by atoms with Crippen molar-refractivity contribution in [3.63, 3.8) is 0 Å². The fourth-order valence-corrected chi connectivity index (χ4v) is 3.60. The average Bonchev–Trinajstić information content (AvgIpc) is 3.00. The first kappa shape index (κ1) is 16.4. The van der Waals surface area contributed by atoms with Crippen LogP contribution in [0.3, 0.4) is 0 Å². The molecule has 1 aromatic heterocycles. The van der Waals surface area contributed by atoms with Gasteiger partial charge >= 0.3 is 0 Å². The van der Waals surface area contributed by atoms with E-state index in [-0.39, 0.29) is 5.54 Å². The Morgan fingerprint density at radius 3 is 2.65 bits per heavy atom. The van der Waals surface area contributed by atoms with Gasteiger partial charge in [-0.05, 0) is 32.3 Å². The second-order valence-corrected chi connectivity index (χ2v) is 6.92. The summed E-state index contributed by atoms with van der Waals surface area (Å²) in [4.78, 5) is 4.40. The van der Waals surface area contributed by atoms with E-state index in [0.717, 1.165) is 43.6 Å². The Balaban J connectivity index is 1.68. The van der Waals surface area contributed by atoms with Crippen molar-refractivity contribution in [2.24, 2.45) is 0 Å². The van der Waals surface area contributed by atoms with Gasteiger partial charge in [0.1, 0.15) is 5.82 Å². The highest BCUT2D eigenvalue weighted by molar-refractivity contribution is 7.09. The zero-order chi connectivity index (χ0) is 16.1. The molecular formula is C17H24N4OS. The summed E-state index contributed by atoms with van der Waals surface area (Å²) < 4.78 is 9.81. The molecule has 6 heteroatoms. The van der Waals surface area contributed by atoms with Crippen LogP contribution in [0.5, 0.6) is 0 Å². The number of hydrogen-bond acceptors (Lipinski definition) is 6. The third kappa shape index (κ3) is 4.28. The molecule has 2 aromatic rings. The van der Waals surface area contributed by atoms with Gasteiger partial charge in [0.2, 0.25) is 5.13 Å². The molecule has 0 spiro atoms. The molecule has 124 valence electrons. The van der Waals surface area contributed by atoms with Crippen molar-refractivity contribution in [3.05, 3.63) is 41.7 Å². The van der Waals surface area contributed by atoms with Gasteiger partial charge in [-0.15, -0.1) is 0 Å². The summed E-state index contributed by atoms with van der Waals surface area (Å²) in [5.74, 6) is 0.823. The smallest absolute Gasteiger partial charge is 0.202 e. The van der Waals surface area contributed by atoms with Crippen molar-refractivity contribution in [2.75, 3.05) is 25.1 Å². The van der Waals surface area contributed by atoms with Crippen LogP contribution in [0.15, 0.2) is 30.3 Å². The number of hydrogen-bond donors (Lipinski definition) is 2. The van der Waals surface area contributed by atoms with E-state index < -0.39 is 0 Å². The molecule has 2 N–H and O–H groups in total. The molecule has 1 atom stereocenters. The lowest BCUT2D eigenvalue weighted by Crippen LogP contribution is -2.54. The van der Waals surface area contributed by atoms with Gasteiger partial charge < -0.3 is 15.4 Å². The average molecular weight is 332 g/mol. The van der Waals surface area contributed by atoms with Crippen molar-refractivity contribution in [1.82, 2.24) is 14.7 Å². The Morgan fingerprint density at radius 1 is 1.26 bits per heavy atom. The molecule has 1 aromatic carbocycles. The molecule has 3 rings (SSSR count). The van der Waals surface area contributed by atoms with Gasteiger partial charge in [-0.25, -0.2) is 4.98 Å². The van der Waals surface area contributed by atoms with Crippen LogP contribution < -0.4 is 10.6 Å². The first-order valence-corrected chi connectivity index (χ1v) is 8.89. The minimum atomic E-state index is 0.0209. The third-order valence-corrected chi connectivity index (χ3v) is 5.14. The molecule has 0 radical (unpaired) electrons. The molecule has 1 fully saturated rings. The lowest BCUT2D eigenvalue weighted by Gasteiger charge is -2.40. The molecule has 0 aliphatic carbocycles. The minimum Gasteiger partial charge on any atom is -0.381 e. The Morgan fingerprint density at radius 2 is 2.00 bits per heavy atom. The number of aryl methyl sites for hydroxylation is 1. The summed E-state index contributed by atoms with van der Waals surface area (Å²) in [7, 11) is 0. The van der Waals surface area contributed by atoms with Gasteiger partial charge in [-0.2, -0.15) is 4.37 Å². The standard InChI is InChI=1S/C17H24N4OS/c1-13(15-6-4-3-5-7-15)20-17(8-10-22-11-9-17)12-18-16-19-14(2)21-23-16/h3-7,13,20H,8-12H2,1-2H3,(H,18,19,21)/t13-/m1/s1. The van der Waals surface area contributed by atoms with Crippen LogP contribution in [0.1, 0.15) is 37.2 Å². The van der Waals surface area contributed by atoms with Crippen molar-refractivity contribution in [3.8, 4) is 0 Å². The van der Waals surface area contributed by atoms with Crippen LogP contribution in [0, 0.1) is 6.92 Å². The fraction of sp³-hybridized carbons (Fsp3) is 0.529. The Kier molecular flexibility index (Phi) is 5.25. The zero-order valence-electron chi connectivity index (χ0n) is 13.7. The highest BCUT2D eigenvalue weighted by atomic mass is 32.1. The summed E-state index contributed by atoms with van der Waals surface area (Å²) in [5, 5.41) is 8.19.